The molecule has 1 aromatic heterocycles. The number of para-hydroxylation sites is 1. The predicted molar refractivity (Wildman–Crippen MR) is 159 cm³/mol. The third-order valence-corrected chi connectivity index (χ3v) is 14.6. The Kier molecular flexibility index (Phi) is 5.20. The van der Waals surface area contributed by atoms with E-state index in [4.69, 9.17) is 0 Å². The van der Waals surface area contributed by atoms with Gasteiger partial charge in [-0.15, -0.1) is 0 Å². The molecule has 5 aliphatic rings. The van der Waals surface area contributed by atoms with Crippen LogP contribution in [-0.2, 0) is 16.6 Å². The Balaban J connectivity index is 1.33. The van der Waals surface area contributed by atoms with Crippen LogP contribution in [0.2, 0.25) is 0 Å². The van der Waals surface area contributed by atoms with Crippen LogP contribution in [0.25, 0.3) is 10.9 Å². The maximum atomic E-state index is 12.9. The largest absolute Gasteiger partial charge is 0.481 e. The Bertz CT molecular complexity index is 1380. The second-order valence-corrected chi connectivity index (χ2v) is 16.1. The topological polar surface area (TPSA) is 53.1 Å². The molecule has 3 heteroatoms. The number of rotatable bonds is 2. The molecule has 0 radical (unpaired) electrons. The molecule has 7 rings (SSSR count). The average Bonchev–Trinajstić information content (AvgIpc) is 3.45. The van der Waals surface area contributed by atoms with Crippen molar-refractivity contribution >= 4 is 16.9 Å². The molecular formula is C36H49NO2. The molecule has 4 fully saturated rings. The third-order valence-electron chi connectivity index (χ3n) is 14.6. The molecule has 1 heterocycles. The van der Waals surface area contributed by atoms with Gasteiger partial charge >= 0.3 is 5.97 Å². The summed E-state index contributed by atoms with van der Waals surface area (Å²) in [5, 5.41) is 12.1. The quantitative estimate of drug-likeness (QED) is 0.383. The summed E-state index contributed by atoms with van der Waals surface area (Å²) in [5.74, 6) is 1.88. The summed E-state index contributed by atoms with van der Waals surface area (Å²) in [6.07, 6.45) is 9.91. The number of carboxylic acid groups (broad SMARTS) is 1. The van der Waals surface area contributed by atoms with Crippen LogP contribution in [-0.4, -0.2) is 16.1 Å². The van der Waals surface area contributed by atoms with Crippen LogP contribution in [0.5, 0.6) is 0 Å². The Morgan fingerprint density at radius 3 is 2.38 bits per heavy atom. The van der Waals surface area contributed by atoms with Crippen LogP contribution in [0.1, 0.15) is 104 Å². The number of aromatic nitrogens is 1. The Morgan fingerprint density at radius 2 is 1.67 bits per heavy atom. The van der Waals surface area contributed by atoms with Gasteiger partial charge in [0.2, 0.25) is 0 Å². The first-order valence-electron chi connectivity index (χ1n) is 15.8. The molecule has 0 aliphatic heterocycles. The minimum atomic E-state index is -0.538. The number of benzene rings is 1. The molecule has 0 bridgehead atoms. The van der Waals surface area contributed by atoms with Crippen LogP contribution >= 0.6 is 0 Å². The van der Waals surface area contributed by atoms with E-state index in [1.54, 1.807) is 5.56 Å². The highest BCUT2D eigenvalue weighted by Crippen LogP contribution is 2.77. The molecule has 2 aromatic rings. The number of aliphatic carboxylic acids is 1. The van der Waals surface area contributed by atoms with Crippen LogP contribution < -0.4 is 0 Å². The van der Waals surface area contributed by atoms with E-state index in [9.17, 15) is 9.90 Å². The first-order chi connectivity index (χ1) is 18.3. The van der Waals surface area contributed by atoms with Gasteiger partial charge in [0.05, 0.1) is 5.41 Å². The van der Waals surface area contributed by atoms with Crippen LogP contribution in [0, 0.1) is 51.2 Å². The Morgan fingerprint density at radius 1 is 0.923 bits per heavy atom. The molecule has 2 N–H and O–H groups in total. The zero-order valence-electron chi connectivity index (χ0n) is 25.1. The molecule has 3 nitrogen and oxygen atoms in total. The van der Waals surface area contributed by atoms with Gasteiger partial charge in [0.15, 0.2) is 0 Å². The highest BCUT2D eigenvalue weighted by atomic mass is 16.4. The Labute approximate surface area is 235 Å². The van der Waals surface area contributed by atoms with Gasteiger partial charge in [0.1, 0.15) is 0 Å². The number of hydrogen-bond acceptors (Lipinski definition) is 1. The first-order valence-corrected chi connectivity index (χ1v) is 15.8. The van der Waals surface area contributed by atoms with Crippen molar-refractivity contribution in [1.29, 1.82) is 0 Å². The number of allylic oxidation sites excluding steroid dienone is 1. The zero-order chi connectivity index (χ0) is 27.8. The van der Waals surface area contributed by atoms with Crippen molar-refractivity contribution in [3.8, 4) is 0 Å². The number of fused-ring (bicyclic) bond motifs is 10. The number of H-pyrrole nitrogens is 1. The summed E-state index contributed by atoms with van der Waals surface area (Å²) < 4.78 is 0. The van der Waals surface area contributed by atoms with Crippen molar-refractivity contribution in [1.82, 2.24) is 4.98 Å². The molecule has 0 amide bonds. The van der Waals surface area contributed by atoms with Crippen molar-refractivity contribution in [2.24, 2.45) is 51.2 Å². The van der Waals surface area contributed by atoms with Crippen LogP contribution in [0.4, 0.5) is 0 Å². The van der Waals surface area contributed by atoms with E-state index in [0.717, 1.165) is 25.7 Å². The fourth-order valence-electron chi connectivity index (χ4n) is 12.8. The summed E-state index contributed by atoms with van der Waals surface area (Å²) in [5.41, 5.74) is 5.78. The fourth-order valence-corrected chi connectivity index (χ4v) is 12.8. The second kappa shape index (κ2) is 7.83. The summed E-state index contributed by atoms with van der Waals surface area (Å²) in [7, 11) is 0. The molecule has 0 spiro atoms. The van der Waals surface area contributed by atoms with Gasteiger partial charge in [0.25, 0.3) is 0 Å². The summed E-state index contributed by atoms with van der Waals surface area (Å²) in [6, 6.07) is 8.94. The number of hydrogen-bond donors (Lipinski definition) is 2. The Hall–Kier alpha value is -2.03. The van der Waals surface area contributed by atoms with Crippen LogP contribution in [0.3, 0.4) is 0 Å². The fraction of sp³-hybridized carbons (Fsp3) is 0.694. The van der Waals surface area contributed by atoms with E-state index in [1.165, 1.54) is 54.3 Å². The molecule has 4 saturated carbocycles. The summed E-state index contributed by atoms with van der Waals surface area (Å²) in [4.78, 5) is 16.8. The van der Waals surface area contributed by atoms with E-state index in [1.807, 2.05) is 0 Å². The number of aromatic amines is 1. The minimum Gasteiger partial charge on any atom is -0.481 e. The van der Waals surface area contributed by atoms with Gasteiger partial charge in [-0.1, -0.05) is 65.0 Å². The lowest BCUT2D eigenvalue weighted by Gasteiger charge is -2.72. The second-order valence-electron chi connectivity index (χ2n) is 16.1. The van der Waals surface area contributed by atoms with Crippen molar-refractivity contribution in [2.45, 2.75) is 105 Å². The van der Waals surface area contributed by atoms with Gasteiger partial charge in [-0.05, 0) is 122 Å². The van der Waals surface area contributed by atoms with Crippen molar-refractivity contribution in [2.75, 3.05) is 0 Å². The lowest BCUT2D eigenvalue weighted by Crippen LogP contribution is -2.66. The molecule has 39 heavy (non-hydrogen) atoms. The van der Waals surface area contributed by atoms with E-state index in [2.05, 4.69) is 77.4 Å². The zero-order valence-corrected chi connectivity index (χ0v) is 25.1. The van der Waals surface area contributed by atoms with Crippen molar-refractivity contribution in [3.63, 3.8) is 0 Å². The summed E-state index contributed by atoms with van der Waals surface area (Å²) >= 11 is 0. The SMILES string of the molecule is C=C(C)[C@@H]1CC[C@]2(C(=O)O)CC[C@]3(C)[C@H](CC[C@@H]4[C@@]5(C)Cc6c([nH]c7ccccc67)C(C)(C)[C@@H]5CC[C@]43C)[C@@H]12. The maximum absolute atomic E-state index is 12.9. The highest BCUT2D eigenvalue weighted by Gasteiger charge is 2.72. The van der Waals surface area contributed by atoms with E-state index in [0.29, 0.717) is 23.7 Å². The maximum Gasteiger partial charge on any atom is 0.309 e. The number of carboxylic acids is 1. The number of nitrogens with one attached hydrogen (secondary N) is 1. The lowest BCUT2D eigenvalue weighted by molar-refractivity contribution is -0.227. The van der Waals surface area contributed by atoms with Gasteiger partial charge in [-0.3, -0.25) is 4.79 Å². The van der Waals surface area contributed by atoms with Gasteiger partial charge in [-0.25, -0.2) is 0 Å². The predicted octanol–water partition coefficient (Wildman–Crippen LogP) is 8.92. The molecule has 0 saturated heterocycles. The normalized spacial score (nSPS) is 45.9. The monoisotopic (exact) mass is 527 g/mol. The minimum absolute atomic E-state index is 0.113. The average molecular weight is 528 g/mol. The molecular weight excluding hydrogens is 478 g/mol. The third kappa shape index (κ3) is 2.93. The van der Waals surface area contributed by atoms with E-state index >= 15 is 0 Å². The van der Waals surface area contributed by atoms with Crippen molar-refractivity contribution < 1.29 is 9.90 Å². The number of carbonyl (C=O) groups is 1. The van der Waals surface area contributed by atoms with Crippen LogP contribution in [0.15, 0.2) is 36.4 Å². The molecule has 0 unspecified atom stereocenters. The first kappa shape index (κ1) is 25.9. The lowest BCUT2D eigenvalue weighted by atomic mass is 9.32. The molecule has 9 atom stereocenters. The smallest absolute Gasteiger partial charge is 0.309 e. The van der Waals surface area contributed by atoms with Gasteiger partial charge < -0.3 is 10.1 Å². The molecule has 1 aromatic carbocycles. The summed E-state index contributed by atoms with van der Waals surface area (Å²) in [6.45, 7) is 19.5. The van der Waals surface area contributed by atoms with E-state index in [-0.39, 0.29) is 27.6 Å². The van der Waals surface area contributed by atoms with Gasteiger partial charge in [-0.2, -0.15) is 0 Å². The van der Waals surface area contributed by atoms with Crippen molar-refractivity contribution in [3.05, 3.63) is 47.7 Å². The standard InChI is InChI=1S/C36H49NO2/c1-21(2)22-14-17-36(31(38)39)19-18-34(6)25(29(22)36)12-13-28-33(5)20-24-23-10-8-9-11-26(23)37-30(24)32(3,4)27(33)15-16-35(28,34)7/h8-11,22,25,27-29,37H,1,12-20H2,2-7H3,(H,38,39)/t22-,25+,27-,28+,29+,33-,34+,35+,36-/m0/s1. The van der Waals surface area contributed by atoms with E-state index < -0.39 is 11.4 Å². The highest BCUT2D eigenvalue weighted by molar-refractivity contribution is 5.85. The molecule has 5 aliphatic carbocycles. The van der Waals surface area contributed by atoms with Gasteiger partial charge in [0, 0.05) is 22.0 Å². The molecule has 210 valence electrons.